The Morgan fingerprint density at radius 1 is 1.18 bits per heavy atom. The molecule has 1 N–H and O–H groups in total. The first-order chi connectivity index (χ1) is 7.84. The Labute approximate surface area is 105 Å². The van der Waals surface area contributed by atoms with Crippen molar-refractivity contribution < 1.29 is 5.11 Å². The van der Waals surface area contributed by atoms with Crippen LogP contribution in [0.25, 0.3) is 0 Å². The third-order valence-electron chi connectivity index (χ3n) is 3.23. The van der Waals surface area contributed by atoms with Crippen LogP contribution >= 0.6 is 0 Å². The highest BCUT2D eigenvalue weighted by Gasteiger charge is 2.23. The molecule has 1 unspecified atom stereocenters. The molecule has 2 nitrogen and oxygen atoms in total. The van der Waals surface area contributed by atoms with Gasteiger partial charge in [-0.2, -0.15) is 0 Å². The lowest BCUT2D eigenvalue weighted by molar-refractivity contribution is 0.0699. The molecule has 0 saturated heterocycles. The normalized spacial score (nSPS) is 13.5. The molecule has 0 aliphatic heterocycles. The molecule has 17 heavy (non-hydrogen) atoms. The standard InChI is InChI=1S/C15H25NO/c1-6-12-7-9-13(10-8-12)16(5)11-14(17)15(2,3)4/h7-10,14,17H,6,11H2,1-5H3. The number of rotatable bonds is 4. The maximum atomic E-state index is 10.1. The third kappa shape index (κ3) is 4.04. The van der Waals surface area contributed by atoms with Crippen LogP contribution in [-0.2, 0) is 6.42 Å². The summed E-state index contributed by atoms with van der Waals surface area (Å²) in [7, 11) is 2.02. The van der Waals surface area contributed by atoms with E-state index in [0.717, 1.165) is 12.1 Å². The molecule has 0 amide bonds. The van der Waals surface area contributed by atoms with E-state index in [9.17, 15) is 5.11 Å². The number of benzene rings is 1. The molecule has 1 aromatic rings. The minimum atomic E-state index is -0.321. The van der Waals surface area contributed by atoms with Gasteiger partial charge in [-0.1, -0.05) is 39.8 Å². The summed E-state index contributed by atoms with van der Waals surface area (Å²) in [5.74, 6) is 0. The van der Waals surface area contributed by atoms with Crippen molar-refractivity contribution in [1.82, 2.24) is 0 Å². The van der Waals surface area contributed by atoms with Crippen LogP contribution in [0.4, 0.5) is 5.69 Å². The summed E-state index contributed by atoms with van der Waals surface area (Å²) in [6.07, 6.45) is 0.743. The molecule has 0 aliphatic rings. The van der Waals surface area contributed by atoms with E-state index in [1.54, 1.807) is 0 Å². The van der Waals surface area contributed by atoms with E-state index in [1.165, 1.54) is 5.56 Å². The van der Waals surface area contributed by atoms with E-state index in [0.29, 0.717) is 6.54 Å². The Hall–Kier alpha value is -1.02. The van der Waals surface area contributed by atoms with Crippen LogP contribution in [0, 0.1) is 5.41 Å². The fraction of sp³-hybridized carbons (Fsp3) is 0.600. The van der Waals surface area contributed by atoms with E-state index in [1.807, 2.05) is 7.05 Å². The van der Waals surface area contributed by atoms with Crippen LogP contribution in [0.3, 0.4) is 0 Å². The fourth-order valence-electron chi connectivity index (χ4n) is 1.62. The lowest BCUT2D eigenvalue weighted by Crippen LogP contribution is -2.37. The molecule has 1 rings (SSSR count). The van der Waals surface area contributed by atoms with Crippen molar-refractivity contribution >= 4 is 5.69 Å². The minimum absolute atomic E-state index is 0.0718. The van der Waals surface area contributed by atoms with Crippen LogP contribution in [-0.4, -0.2) is 24.8 Å². The zero-order chi connectivity index (χ0) is 13.1. The van der Waals surface area contributed by atoms with Gasteiger partial charge in [0.2, 0.25) is 0 Å². The van der Waals surface area contributed by atoms with Crippen molar-refractivity contribution in [1.29, 1.82) is 0 Å². The van der Waals surface area contributed by atoms with E-state index in [4.69, 9.17) is 0 Å². The van der Waals surface area contributed by atoms with Crippen molar-refractivity contribution in [3.8, 4) is 0 Å². The van der Waals surface area contributed by atoms with Gasteiger partial charge in [-0.15, -0.1) is 0 Å². The Morgan fingerprint density at radius 3 is 2.12 bits per heavy atom. The SMILES string of the molecule is CCc1ccc(N(C)CC(O)C(C)(C)C)cc1. The zero-order valence-electron chi connectivity index (χ0n) is 11.7. The third-order valence-corrected chi connectivity index (χ3v) is 3.23. The lowest BCUT2D eigenvalue weighted by atomic mass is 9.89. The fourth-order valence-corrected chi connectivity index (χ4v) is 1.62. The van der Waals surface area contributed by atoms with Crippen LogP contribution < -0.4 is 4.90 Å². The Bertz CT molecular complexity index is 337. The molecule has 0 fully saturated rings. The molecule has 2 heteroatoms. The van der Waals surface area contributed by atoms with Crippen molar-refractivity contribution in [2.75, 3.05) is 18.5 Å². The van der Waals surface area contributed by atoms with Gasteiger partial charge in [0.25, 0.3) is 0 Å². The molecule has 0 spiro atoms. The van der Waals surface area contributed by atoms with Gasteiger partial charge < -0.3 is 10.0 Å². The number of nitrogens with zero attached hydrogens (tertiary/aromatic N) is 1. The summed E-state index contributed by atoms with van der Waals surface area (Å²) < 4.78 is 0. The van der Waals surface area contributed by atoms with E-state index in [-0.39, 0.29) is 11.5 Å². The summed E-state index contributed by atoms with van der Waals surface area (Å²) in [5.41, 5.74) is 2.43. The average Bonchev–Trinajstić information content (AvgIpc) is 2.27. The molecule has 0 aromatic heterocycles. The van der Waals surface area contributed by atoms with Gasteiger partial charge in [0.05, 0.1) is 6.10 Å². The second kappa shape index (κ2) is 5.54. The predicted molar refractivity (Wildman–Crippen MR) is 74.6 cm³/mol. The number of aryl methyl sites for hydroxylation is 1. The molecular formula is C15H25NO. The molecule has 1 aromatic carbocycles. The van der Waals surface area contributed by atoms with Gasteiger partial charge in [0.15, 0.2) is 0 Å². The Morgan fingerprint density at radius 2 is 1.71 bits per heavy atom. The van der Waals surface area contributed by atoms with Gasteiger partial charge >= 0.3 is 0 Å². The summed E-state index contributed by atoms with van der Waals surface area (Å²) >= 11 is 0. The molecule has 96 valence electrons. The van der Waals surface area contributed by atoms with Crippen LogP contribution in [0.15, 0.2) is 24.3 Å². The first-order valence-electron chi connectivity index (χ1n) is 6.32. The summed E-state index contributed by atoms with van der Waals surface area (Å²) in [6, 6.07) is 8.53. The lowest BCUT2D eigenvalue weighted by Gasteiger charge is -2.31. The smallest absolute Gasteiger partial charge is 0.0763 e. The van der Waals surface area contributed by atoms with Gasteiger partial charge in [-0.3, -0.25) is 0 Å². The highest BCUT2D eigenvalue weighted by Crippen LogP contribution is 2.22. The van der Waals surface area contributed by atoms with Crippen molar-refractivity contribution in [2.45, 2.75) is 40.2 Å². The number of aliphatic hydroxyl groups is 1. The minimum Gasteiger partial charge on any atom is -0.391 e. The molecule has 0 radical (unpaired) electrons. The van der Waals surface area contributed by atoms with Gasteiger partial charge in [-0.05, 0) is 29.5 Å². The van der Waals surface area contributed by atoms with Crippen LogP contribution in [0.1, 0.15) is 33.3 Å². The first kappa shape index (κ1) is 14.0. The Balaban J connectivity index is 2.66. The maximum Gasteiger partial charge on any atom is 0.0763 e. The van der Waals surface area contributed by atoms with Crippen LogP contribution in [0.2, 0.25) is 0 Å². The quantitative estimate of drug-likeness (QED) is 0.867. The zero-order valence-corrected chi connectivity index (χ0v) is 11.7. The van der Waals surface area contributed by atoms with Gasteiger partial charge in [-0.25, -0.2) is 0 Å². The molecule has 0 aliphatic carbocycles. The second-order valence-electron chi connectivity index (χ2n) is 5.78. The number of anilines is 1. The Kier molecular flexibility index (Phi) is 4.58. The number of aliphatic hydroxyl groups excluding tert-OH is 1. The highest BCUT2D eigenvalue weighted by atomic mass is 16.3. The monoisotopic (exact) mass is 235 g/mol. The average molecular weight is 235 g/mol. The molecule has 0 heterocycles. The number of likely N-dealkylation sites (N-methyl/N-ethyl adjacent to an activating group) is 1. The predicted octanol–water partition coefficient (Wildman–Crippen LogP) is 3.09. The molecule has 0 bridgehead atoms. The number of hydrogen-bond acceptors (Lipinski definition) is 2. The van der Waals surface area contributed by atoms with E-state index in [2.05, 4.69) is 56.9 Å². The topological polar surface area (TPSA) is 23.5 Å². The maximum absolute atomic E-state index is 10.1. The van der Waals surface area contributed by atoms with Crippen molar-refractivity contribution in [3.05, 3.63) is 29.8 Å². The molecular weight excluding hydrogens is 210 g/mol. The highest BCUT2D eigenvalue weighted by molar-refractivity contribution is 5.47. The largest absolute Gasteiger partial charge is 0.391 e. The second-order valence-corrected chi connectivity index (χ2v) is 5.78. The van der Waals surface area contributed by atoms with Crippen molar-refractivity contribution in [2.24, 2.45) is 5.41 Å². The number of hydrogen-bond donors (Lipinski definition) is 1. The van der Waals surface area contributed by atoms with Crippen molar-refractivity contribution in [3.63, 3.8) is 0 Å². The van der Waals surface area contributed by atoms with E-state index >= 15 is 0 Å². The summed E-state index contributed by atoms with van der Waals surface area (Å²) in [6.45, 7) is 9.00. The first-order valence-corrected chi connectivity index (χ1v) is 6.32. The van der Waals surface area contributed by atoms with Crippen LogP contribution in [0.5, 0.6) is 0 Å². The van der Waals surface area contributed by atoms with Gasteiger partial charge in [0.1, 0.15) is 0 Å². The summed E-state index contributed by atoms with van der Waals surface area (Å²) in [5, 5.41) is 10.1. The summed E-state index contributed by atoms with van der Waals surface area (Å²) in [4.78, 5) is 2.11. The molecule has 0 saturated carbocycles. The van der Waals surface area contributed by atoms with Gasteiger partial charge in [0, 0.05) is 19.3 Å². The molecule has 1 atom stereocenters. The van der Waals surface area contributed by atoms with E-state index < -0.39 is 0 Å².